The summed E-state index contributed by atoms with van der Waals surface area (Å²) in [6, 6.07) is 9.56. The molecule has 1 aromatic rings. The van der Waals surface area contributed by atoms with E-state index in [1.54, 1.807) is 0 Å². The molecular formula is C14H20BrNO. The van der Waals surface area contributed by atoms with Crippen molar-refractivity contribution in [3.05, 3.63) is 34.3 Å². The molecule has 0 bridgehead atoms. The molecule has 2 nitrogen and oxygen atoms in total. The minimum Gasteiger partial charge on any atom is -0.381 e. The van der Waals surface area contributed by atoms with Crippen LogP contribution in [0.4, 0.5) is 0 Å². The normalized spacial score (nSPS) is 23.1. The molecule has 0 saturated carbocycles. The Balaban J connectivity index is 1.91. The van der Waals surface area contributed by atoms with Gasteiger partial charge in [0.25, 0.3) is 0 Å². The monoisotopic (exact) mass is 297 g/mol. The van der Waals surface area contributed by atoms with Crippen LogP contribution in [0, 0.1) is 0 Å². The van der Waals surface area contributed by atoms with Gasteiger partial charge in [0, 0.05) is 29.8 Å². The van der Waals surface area contributed by atoms with Crippen molar-refractivity contribution >= 4 is 15.9 Å². The zero-order chi connectivity index (χ0) is 12.1. The Morgan fingerprint density at radius 3 is 2.76 bits per heavy atom. The van der Waals surface area contributed by atoms with E-state index < -0.39 is 0 Å². The lowest BCUT2D eigenvalue weighted by Gasteiger charge is -2.22. The van der Waals surface area contributed by atoms with E-state index in [2.05, 4.69) is 52.4 Å². The Labute approximate surface area is 112 Å². The number of hydrogen-bond donors (Lipinski definition) is 1. The fourth-order valence-corrected chi connectivity index (χ4v) is 2.54. The molecule has 2 atom stereocenters. The van der Waals surface area contributed by atoms with Crippen molar-refractivity contribution in [1.29, 1.82) is 0 Å². The Morgan fingerprint density at radius 1 is 1.24 bits per heavy atom. The first-order valence-electron chi connectivity index (χ1n) is 6.35. The summed E-state index contributed by atoms with van der Waals surface area (Å²) in [5.41, 5.74) is 1.35. The Morgan fingerprint density at radius 2 is 2.00 bits per heavy atom. The van der Waals surface area contributed by atoms with Crippen molar-refractivity contribution in [3.8, 4) is 0 Å². The van der Waals surface area contributed by atoms with Crippen molar-refractivity contribution in [2.24, 2.45) is 0 Å². The largest absolute Gasteiger partial charge is 0.381 e. The quantitative estimate of drug-likeness (QED) is 0.919. The minimum absolute atomic E-state index is 0.409. The number of nitrogens with one attached hydrogen (secondary N) is 1. The maximum absolute atomic E-state index is 5.48. The molecule has 1 saturated heterocycles. The average Bonchev–Trinajstić information content (AvgIpc) is 2.58. The summed E-state index contributed by atoms with van der Waals surface area (Å²) in [5, 5.41) is 3.70. The molecule has 1 unspecified atom stereocenters. The van der Waals surface area contributed by atoms with E-state index in [0.717, 1.165) is 24.1 Å². The van der Waals surface area contributed by atoms with E-state index in [4.69, 9.17) is 4.74 Å². The van der Waals surface area contributed by atoms with Crippen LogP contribution in [-0.2, 0) is 4.74 Å². The Kier molecular flexibility index (Phi) is 5.01. The molecule has 94 valence electrons. The van der Waals surface area contributed by atoms with Crippen LogP contribution < -0.4 is 5.32 Å². The van der Waals surface area contributed by atoms with E-state index in [1.165, 1.54) is 18.4 Å². The molecule has 0 radical (unpaired) electrons. The predicted molar refractivity (Wildman–Crippen MR) is 74.2 cm³/mol. The first-order valence-corrected chi connectivity index (χ1v) is 7.14. The molecule has 1 aliphatic heterocycles. The Bertz CT molecular complexity index is 331. The lowest BCUT2D eigenvalue weighted by atomic mass is 10.0. The molecule has 1 aromatic carbocycles. The van der Waals surface area contributed by atoms with Crippen LogP contribution in [-0.4, -0.2) is 19.3 Å². The number of rotatable bonds is 3. The van der Waals surface area contributed by atoms with E-state index in [-0.39, 0.29) is 0 Å². The van der Waals surface area contributed by atoms with E-state index in [9.17, 15) is 0 Å². The molecule has 1 N–H and O–H groups in total. The van der Waals surface area contributed by atoms with Crippen LogP contribution >= 0.6 is 15.9 Å². The van der Waals surface area contributed by atoms with Crippen LogP contribution in [0.2, 0.25) is 0 Å². The van der Waals surface area contributed by atoms with Gasteiger partial charge in [-0.2, -0.15) is 0 Å². The summed E-state index contributed by atoms with van der Waals surface area (Å²) in [6.07, 6.45) is 3.52. The maximum atomic E-state index is 5.48. The Hall–Kier alpha value is -0.380. The van der Waals surface area contributed by atoms with Gasteiger partial charge in [-0.15, -0.1) is 0 Å². The van der Waals surface area contributed by atoms with Crippen molar-refractivity contribution < 1.29 is 4.74 Å². The molecule has 0 amide bonds. The third-order valence-corrected chi connectivity index (χ3v) is 3.84. The molecule has 2 rings (SSSR count). The number of benzene rings is 1. The second-order valence-corrected chi connectivity index (χ2v) is 5.60. The first kappa shape index (κ1) is 13.1. The summed E-state index contributed by atoms with van der Waals surface area (Å²) in [4.78, 5) is 0. The van der Waals surface area contributed by atoms with Gasteiger partial charge in [-0.25, -0.2) is 0 Å². The van der Waals surface area contributed by atoms with Gasteiger partial charge < -0.3 is 10.1 Å². The third-order valence-electron chi connectivity index (χ3n) is 3.31. The lowest BCUT2D eigenvalue weighted by Crippen LogP contribution is -2.31. The molecule has 1 fully saturated rings. The first-order chi connectivity index (χ1) is 8.25. The van der Waals surface area contributed by atoms with E-state index >= 15 is 0 Å². The average molecular weight is 298 g/mol. The molecule has 17 heavy (non-hydrogen) atoms. The fraction of sp³-hybridized carbons (Fsp3) is 0.571. The van der Waals surface area contributed by atoms with Crippen LogP contribution in [0.1, 0.15) is 37.8 Å². The second kappa shape index (κ2) is 6.53. The van der Waals surface area contributed by atoms with Gasteiger partial charge in [-0.05, 0) is 43.9 Å². The fourth-order valence-electron chi connectivity index (χ4n) is 2.27. The standard InChI is InChI=1S/C14H20BrNO/c1-11(12-4-6-13(15)7-5-12)16-14-3-2-9-17-10-8-14/h4-7,11,14,16H,2-3,8-10H2,1H3/t11-,14?/m0/s1. The van der Waals surface area contributed by atoms with Gasteiger partial charge in [-0.3, -0.25) is 0 Å². The van der Waals surface area contributed by atoms with Crippen LogP contribution in [0.25, 0.3) is 0 Å². The van der Waals surface area contributed by atoms with Crippen molar-refractivity contribution in [2.75, 3.05) is 13.2 Å². The summed E-state index contributed by atoms with van der Waals surface area (Å²) in [6.45, 7) is 4.05. The number of halogens is 1. The van der Waals surface area contributed by atoms with Crippen molar-refractivity contribution in [1.82, 2.24) is 5.32 Å². The molecule has 3 heteroatoms. The van der Waals surface area contributed by atoms with Gasteiger partial charge in [0.1, 0.15) is 0 Å². The van der Waals surface area contributed by atoms with Crippen molar-refractivity contribution in [3.63, 3.8) is 0 Å². The van der Waals surface area contributed by atoms with Crippen LogP contribution in [0.15, 0.2) is 28.7 Å². The number of hydrogen-bond acceptors (Lipinski definition) is 2. The molecule has 1 aliphatic rings. The van der Waals surface area contributed by atoms with Crippen LogP contribution in [0.3, 0.4) is 0 Å². The van der Waals surface area contributed by atoms with Gasteiger partial charge >= 0.3 is 0 Å². The lowest BCUT2D eigenvalue weighted by molar-refractivity contribution is 0.142. The molecule has 0 aliphatic carbocycles. The highest BCUT2D eigenvalue weighted by Gasteiger charge is 2.15. The molecule has 0 aromatic heterocycles. The maximum Gasteiger partial charge on any atom is 0.0480 e. The van der Waals surface area contributed by atoms with E-state index in [0.29, 0.717) is 12.1 Å². The SMILES string of the molecule is C[C@H](NC1CCCOCC1)c1ccc(Br)cc1. The smallest absolute Gasteiger partial charge is 0.0480 e. The summed E-state index contributed by atoms with van der Waals surface area (Å²) in [5.74, 6) is 0. The summed E-state index contributed by atoms with van der Waals surface area (Å²) < 4.78 is 6.62. The predicted octanol–water partition coefficient (Wildman–Crippen LogP) is 3.67. The highest BCUT2D eigenvalue weighted by Crippen LogP contribution is 2.19. The highest BCUT2D eigenvalue weighted by atomic mass is 79.9. The van der Waals surface area contributed by atoms with Gasteiger partial charge in [0.15, 0.2) is 0 Å². The molecule has 0 spiro atoms. The minimum atomic E-state index is 0.409. The molecule has 1 heterocycles. The molecular weight excluding hydrogens is 278 g/mol. The van der Waals surface area contributed by atoms with Gasteiger partial charge in [0.05, 0.1) is 0 Å². The van der Waals surface area contributed by atoms with Crippen LogP contribution in [0.5, 0.6) is 0 Å². The van der Waals surface area contributed by atoms with Crippen molar-refractivity contribution in [2.45, 2.75) is 38.3 Å². The third kappa shape index (κ3) is 4.09. The van der Waals surface area contributed by atoms with E-state index in [1.807, 2.05) is 0 Å². The zero-order valence-electron chi connectivity index (χ0n) is 10.3. The number of ether oxygens (including phenoxy) is 1. The summed E-state index contributed by atoms with van der Waals surface area (Å²) >= 11 is 3.47. The summed E-state index contributed by atoms with van der Waals surface area (Å²) in [7, 11) is 0. The highest BCUT2D eigenvalue weighted by molar-refractivity contribution is 9.10. The topological polar surface area (TPSA) is 21.3 Å². The second-order valence-electron chi connectivity index (χ2n) is 4.68. The van der Waals surface area contributed by atoms with Gasteiger partial charge in [-0.1, -0.05) is 28.1 Å². The zero-order valence-corrected chi connectivity index (χ0v) is 11.9. The van der Waals surface area contributed by atoms with Gasteiger partial charge in [0.2, 0.25) is 0 Å².